The number of hydrogen-bond donors (Lipinski definition) is 1. The Morgan fingerprint density at radius 2 is 1.76 bits per heavy atom. The molecule has 0 radical (unpaired) electrons. The Kier molecular flexibility index (Phi) is 5.86. The Labute approximate surface area is 195 Å². The van der Waals surface area contributed by atoms with Crippen LogP contribution in [0.5, 0.6) is 0 Å². The van der Waals surface area contributed by atoms with Crippen molar-refractivity contribution in [3.8, 4) is 11.4 Å². The van der Waals surface area contributed by atoms with Gasteiger partial charge in [-0.05, 0) is 45.0 Å². The number of aromatic amines is 1. The van der Waals surface area contributed by atoms with Crippen molar-refractivity contribution in [2.75, 3.05) is 6.61 Å². The number of aryl methyl sites for hydroxylation is 1. The molecule has 33 heavy (non-hydrogen) atoms. The van der Waals surface area contributed by atoms with Gasteiger partial charge in [-0.1, -0.05) is 29.8 Å². The van der Waals surface area contributed by atoms with Crippen LogP contribution in [0.4, 0.5) is 0 Å². The number of hydrogen-bond acceptors (Lipinski definition) is 4. The maximum absolute atomic E-state index is 13.4. The molecule has 0 aliphatic heterocycles. The third kappa shape index (κ3) is 3.93. The first-order valence-electron chi connectivity index (χ1n) is 10.3. The molecule has 0 saturated carbocycles. The number of esters is 1. The number of nitrogens with zero attached hydrogens (tertiary/aromatic N) is 3. The summed E-state index contributed by atoms with van der Waals surface area (Å²) in [6, 6.07) is 12.5. The largest absolute Gasteiger partial charge is 0.453 e. The second-order valence-corrected chi connectivity index (χ2v) is 8.20. The van der Waals surface area contributed by atoms with Gasteiger partial charge in [-0.25, -0.2) is 9.48 Å². The van der Waals surface area contributed by atoms with E-state index in [2.05, 4.69) is 4.98 Å². The number of benzene rings is 1. The molecule has 0 amide bonds. The highest BCUT2D eigenvalue weighted by Crippen LogP contribution is 2.23. The fourth-order valence-corrected chi connectivity index (χ4v) is 4.14. The lowest BCUT2D eigenvalue weighted by molar-refractivity contribution is 0.0469. The summed E-state index contributed by atoms with van der Waals surface area (Å²) >= 11 is 5.80. The van der Waals surface area contributed by atoms with Gasteiger partial charge >= 0.3 is 5.97 Å². The minimum absolute atomic E-state index is 0.166. The third-order valence-corrected chi connectivity index (χ3v) is 5.90. The predicted octanol–water partition coefficient (Wildman–Crippen LogP) is 3.91. The van der Waals surface area contributed by atoms with Crippen molar-refractivity contribution in [3.05, 3.63) is 92.4 Å². The van der Waals surface area contributed by atoms with E-state index >= 15 is 0 Å². The van der Waals surface area contributed by atoms with E-state index in [1.165, 1.54) is 12.3 Å². The lowest BCUT2D eigenvalue weighted by Crippen LogP contribution is -2.22. The first-order valence-corrected chi connectivity index (χ1v) is 10.7. The molecular formula is C24H23ClN4O4. The van der Waals surface area contributed by atoms with Crippen LogP contribution in [0.3, 0.4) is 0 Å². The average Bonchev–Trinajstić information content (AvgIpc) is 3.42. The summed E-state index contributed by atoms with van der Waals surface area (Å²) < 4.78 is 10.3. The molecule has 0 aliphatic carbocycles. The summed E-state index contributed by atoms with van der Waals surface area (Å²) in [4.78, 5) is 41.1. The van der Waals surface area contributed by atoms with Crippen molar-refractivity contribution in [1.82, 2.24) is 18.9 Å². The summed E-state index contributed by atoms with van der Waals surface area (Å²) in [5.74, 6) is -1.04. The molecule has 3 aromatic heterocycles. The molecule has 4 rings (SSSR count). The number of Topliss-reactive ketones (excluding diaryl/α,β-unsaturated/α-hetero) is 1. The molecule has 0 aliphatic rings. The molecule has 0 spiro atoms. The Morgan fingerprint density at radius 1 is 1.06 bits per heavy atom. The summed E-state index contributed by atoms with van der Waals surface area (Å²) in [6.07, 6.45) is 1.46. The number of ether oxygens (including phenoxy) is 1. The van der Waals surface area contributed by atoms with Crippen molar-refractivity contribution >= 4 is 23.4 Å². The van der Waals surface area contributed by atoms with Crippen LogP contribution >= 0.6 is 11.6 Å². The summed E-state index contributed by atoms with van der Waals surface area (Å²) in [7, 11) is 1.82. The number of aromatic nitrogens is 4. The van der Waals surface area contributed by atoms with E-state index in [1.807, 2.05) is 51.2 Å². The highest BCUT2D eigenvalue weighted by atomic mass is 35.5. The van der Waals surface area contributed by atoms with Crippen molar-refractivity contribution in [1.29, 1.82) is 0 Å². The van der Waals surface area contributed by atoms with E-state index < -0.39 is 12.6 Å². The SMILES string of the molecule is Cc1cc(C(=O)COC(=O)c2cc(Cl)c[nH]2)c(C)n1-c1c(C)n(C)n(-c2ccccc2)c1=O. The smallest absolute Gasteiger partial charge is 0.355 e. The van der Waals surface area contributed by atoms with Gasteiger partial charge in [-0.2, -0.15) is 0 Å². The first-order chi connectivity index (χ1) is 15.7. The van der Waals surface area contributed by atoms with Gasteiger partial charge in [-0.15, -0.1) is 0 Å². The number of ketones is 1. The third-order valence-electron chi connectivity index (χ3n) is 5.68. The molecule has 3 heterocycles. The second-order valence-electron chi connectivity index (χ2n) is 7.76. The molecule has 0 bridgehead atoms. The number of para-hydroxylation sites is 1. The van der Waals surface area contributed by atoms with Crippen LogP contribution in [0.1, 0.15) is 37.9 Å². The van der Waals surface area contributed by atoms with Gasteiger partial charge in [0.25, 0.3) is 5.56 Å². The minimum atomic E-state index is -0.672. The van der Waals surface area contributed by atoms with Gasteiger partial charge in [0.05, 0.1) is 16.4 Å². The molecule has 170 valence electrons. The van der Waals surface area contributed by atoms with Crippen molar-refractivity contribution in [2.45, 2.75) is 20.8 Å². The van der Waals surface area contributed by atoms with E-state index in [0.717, 1.165) is 17.1 Å². The summed E-state index contributed by atoms with van der Waals surface area (Å²) in [5.41, 5.74) is 3.64. The Balaban J connectivity index is 1.67. The number of rotatable bonds is 6. The Bertz CT molecular complexity index is 1420. The molecule has 4 aromatic rings. The van der Waals surface area contributed by atoms with E-state index in [9.17, 15) is 14.4 Å². The van der Waals surface area contributed by atoms with E-state index in [4.69, 9.17) is 16.3 Å². The lowest BCUT2D eigenvalue weighted by Gasteiger charge is -2.09. The van der Waals surface area contributed by atoms with E-state index in [-0.39, 0.29) is 17.0 Å². The molecular weight excluding hydrogens is 444 g/mol. The number of H-pyrrole nitrogens is 1. The quantitative estimate of drug-likeness (QED) is 0.344. The fraction of sp³-hybridized carbons (Fsp3) is 0.208. The van der Waals surface area contributed by atoms with Gasteiger partial charge in [0.1, 0.15) is 11.4 Å². The number of carbonyl (C=O) groups excluding carboxylic acids is 2. The van der Waals surface area contributed by atoms with Gasteiger partial charge in [0.2, 0.25) is 5.78 Å². The minimum Gasteiger partial charge on any atom is -0.453 e. The molecule has 9 heteroatoms. The summed E-state index contributed by atoms with van der Waals surface area (Å²) in [5, 5.41) is 0.371. The van der Waals surface area contributed by atoms with Crippen molar-refractivity contribution in [2.24, 2.45) is 7.05 Å². The van der Waals surface area contributed by atoms with Crippen LogP contribution in [-0.4, -0.2) is 37.3 Å². The van der Waals surface area contributed by atoms with Gasteiger partial charge in [0.15, 0.2) is 6.61 Å². The first kappa shape index (κ1) is 22.4. The molecule has 0 fully saturated rings. The molecule has 8 nitrogen and oxygen atoms in total. The Hall–Kier alpha value is -3.78. The van der Waals surface area contributed by atoms with Crippen molar-refractivity contribution < 1.29 is 14.3 Å². The van der Waals surface area contributed by atoms with Crippen LogP contribution in [0.15, 0.2) is 53.5 Å². The van der Waals surface area contributed by atoms with Crippen molar-refractivity contribution in [3.63, 3.8) is 0 Å². The summed E-state index contributed by atoms with van der Waals surface area (Å²) in [6.45, 7) is 5.03. The molecule has 0 saturated heterocycles. The van der Waals surface area contributed by atoms with Crippen LogP contribution in [0.2, 0.25) is 5.02 Å². The molecule has 0 unspecified atom stereocenters. The van der Waals surface area contributed by atoms with Gasteiger partial charge in [-0.3, -0.25) is 14.3 Å². The van der Waals surface area contributed by atoms with E-state index in [0.29, 0.717) is 22.0 Å². The topological polar surface area (TPSA) is 91.0 Å². The van der Waals surface area contributed by atoms with Crippen LogP contribution in [0.25, 0.3) is 11.4 Å². The zero-order valence-corrected chi connectivity index (χ0v) is 19.4. The second kappa shape index (κ2) is 8.63. The van der Waals surface area contributed by atoms with Gasteiger partial charge < -0.3 is 14.3 Å². The molecule has 0 atom stereocenters. The van der Waals surface area contributed by atoms with E-state index in [1.54, 1.807) is 26.9 Å². The zero-order valence-electron chi connectivity index (χ0n) is 18.7. The maximum Gasteiger partial charge on any atom is 0.355 e. The maximum atomic E-state index is 13.4. The standard InChI is InChI=1S/C24H23ClN4O4/c1-14-10-19(21(30)13-33-24(32)20-11-17(25)12-26-20)15(2)28(14)22-16(3)27(4)29(23(22)31)18-8-6-5-7-9-18/h5-12,26H,13H2,1-4H3. The zero-order chi connectivity index (χ0) is 23.9. The predicted molar refractivity (Wildman–Crippen MR) is 125 cm³/mol. The van der Waals surface area contributed by atoms with Gasteiger partial charge in [0, 0.05) is 30.2 Å². The highest BCUT2D eigenvalue weighted by molar-refractivity contribution is 6.30. The number of halogens is 1. The number of nitrogens with one attached hydrogen (secondary N) is 1. The van der Waals surface area contributed by atoms with Crippen LogP contribution in [-0.2, 0) is 11.8 Å². The molecule has 1 N–H and O–H groups in total. The normalized spacial score (nSPS) is 11.1. The van der Waals surface area contributed by atoms with Crippen LogP contribution < -0.4 is 5.56 Å². The fourth-order valence-electron chi connectivity index (χ4n) is 3.97. The molecule has 1 aromatic carbocycles. The monoisotopic (exact) mass is 466 g/mol. The Morgan fingerprint density at radius 3 is 2.39 bits per heavy atom. The number of carbonyl (C=O) groups is 2. The lowest BCUT2D eigenvalue weighted by atomic mass is 10.1. The average molecular weight is 467 g/mol. The highest BCUT2D eigenvalue weighted by Gasteiger charge is 2.24. The van der Waals surface area contributed by atoms with Crippen LogP contribution in [0, 0.1) is 20.8 Å².